The lowest BCUT2D eigenvalue weighted by Crippen LogP contribution is -1.99. The lowest BCUT2D eigenvalue weighted by Gasteiger charge is -2.22. The molecule has 2 nitrogen and oxygen atoms in total. The molecular formula is C12H5Cl3O2. The van der Waals surface area contributed by atoms with Crippen LogP contribution in [0.25, 0.3) is 0 Å². The largest absolute Gasteiger partial charge is 0.449 e. The van der Waals surface area contributed by atoms with Crippen molar-refractivity contribution in [2.75, 3.05) is 0 Å². The summed E-state index contributed by atoms with van der Waals surface area (Å²) >= 11 is 17.9. The number of rotatable bonds is 0. The monoisotopic (exact) mass is 286 g/mol. The van der Waals surface area contributed by atoms with Gasteiger partial charge in [-0.1, -0.05) is 40.9 Å². The molecule has 0 spiro atoms. The van der Waals surface area contributed by atoms with Gasteiger partial charge in [0.1, 0.15) is 0 Å². The van der Waals surface area contributed by atoms with E-state index in [0.717, 1.165) is 0 Å². The van der Waals surface area contributed by atoms with Crippen LogP contribution in [0.4, 0.5) is 0 Å². The average molecular weight is 288 g/mol. The van der Waals surface area contributed by atoms with Gasteiger partial charge in [0.05, 0.1) is 10.0 Å². The predicted molar refractivity (Wildman–Crippen MR) is 68.1 cm³/mol. The topological polar surface area (TPSA) is 18.5 Å². The summed E-state index contributed by atoms with van der Waals surface area (Å²) in [5, 5.41) is 1.35. The second kappa shape index (κ2) is 3.98. The zero-order chi connectivity index (χ0) is 12.0. The van der Waals surface area contributed by atoms with E-state index in [2.05, 4.69) is 0 Å². The molecule has 0 N–H and O–H groups in total. The maximum absolute atomic E-state index is 6.03. The van der Waals surface area contributed by atoms with E-state index < -0.39 is 0 Å². The number of ether oxygens (including phenoxy) is 2. The Bertz CT molecular complexity index is 611. The van der Waals surface area contributed by atoms with Gasteiger partial charge in [-0.15, -0.1) is 0 Å². The minimum Gasteiger partial charge on any atom is -0.449 e. The van der Waals surface area contributed by atoms with Gasteiger partial charge in [-0.2, -0.15) is 0 Å². The molecule has 0 amide bonds. The van der Waals surface area contributed by atoms with Gasteiger partial charge in [-0.25, -0.2) is 0 Å². The summed E-state index contributed by atoms with van der Waals surface area (Å²) in [5.41, 5.74) is 0. The summed E-state index contributed by atoms with van der Waals surface area (Å²) in [6, 6.07) is 8.50. The van der Waals surface area contributed by atoms with Crippen LogP contribution in [-0.2, 0) is 0 Å². The molecule has 1 aliphatic heterocycles. The first kappa shape index (κ1) is 11.0. The van der Waals surface area contributed by atoms with E-state index >= 15 is 0 Å². The van der Waals surface area contributed by atoms with Gasteiger partial charge in [0.15, 0.2) is 23.0 Å². The fourth-order valence-corrected chi connectivity index (χ4v) is 2.32. The van der Waals surface area contributed by atoms with E-state index in [0.29, 0.717) is 38.1 Å². The molecule has 0 bridgehead atoms. The van der Waals surface area contributed by atoms with Gasteiger partial charge in [-0.3, -0.25) is 0 Å². The van der Waals surface area contributed by atoms with Crippen LogP contribution < -0.4 is 9.47 Å². The lowest BCUT2D eigenvalue weighted by molar-refractivity contribution is 0.360. The third kappa shape index (κ3) is 1.82. The number of benzene rings is 2. The van der Waals surface area contributed by atoms with Gasteiger partial charge in [0, 0.05) is 11.1 Å². The molecule has 17 heavy (non-hydrogen) atoms. The number of para-hydroxylation sites is 1. The molecule has 2 aromatic rings. The van der Waals surface area contributed by atoms with E-state index in [4.69, 9.17) is 44.3 Å². The Labute approximate surface area is 113 Å². The number of halogens is 3. The Morgan fingerprint density at radius 1 is 0.765 bits per heavy atom. The highest BCUT2D eigenvalue weighted by Crippen LogP contribution is 2.51. The summed E-state index contributed by atoms with van der Waals surface area (Å²) in [5.74, 6) is 1.92. The summed E-state index contributed by atoms with van der Waals surface area (Å²) in [7, 11) is 0. The third-order valence-corrected chi connectivity index (χ3v) is 3.13. The molecule has 0 atom stereocenters. The zero-order valence-electron chi connectivity index (χ0n) is 8.34. The van der Waals surface area contributed by atoms with E-state index in [1.807, 2.05) is 0 Å². The Morgan fingerprint density at radius 3 is 2.35 bits per heavy atom. The maximum atomic E-state index is 6.03. The number of hydrogen-bond acceptors (Lipinski definition) is 2. The Hall–Kier alpha value is -1.09. The highest BCUT2D eigenvalue weighted by molar-refractivity contribution is 6.36. The summed E-state index contributed by atoms with van der Waals surface area (Å²) in [6.07, 6.45) is 0. The van der Waals surface area contributed by atoms with Gasteiger partial charge in [0.2, 0.25) is 0 Å². The minimum atomic E-state index is 0.387. The molecule has 0 aliphatic carbocycles. The van der Waals surface area contributed by atoms with E-state index in [9.17, 15) is 0 Å². The number of hydrogen-bond donors (Lipinski definition) is 0. The molecule has 5 heteroatoms. The summed E-state index contributed by atoms with van der Waals surface area (Å²) < 4.78 is 11.3. The van der Waals surface area contributed by atoms with Crippen molar-refractivity contribution in [1.82, 2.24) is 0 Å². The average Bonchev–Trinajstić information content (AvgIpc) is 2.27. The van der Waals surface area contributed by atoms with Crippen LogP contribution >= 0.6 is 34.8 Å². The second-order valence-electron chi connectivity index (χ2n) is 3.49. The SMILES string of the molecule is Clc1cc(Cl)c2c(c1)Oc1cccc(Cl)c1O2. The Kier molecular flexibility index (Phi) is 2.58. The lowest BCUT2D eigenvalue weighted by atomic mass is 10.2. The van der Waals surface area contributed by atoms with E-state index in [1.54, 1.807) is 30.3 Å². The fourth-order valence-electron chi connectivity index (χ4n) is 1.60. The van der Waals surface area contributed by atoms with Crippen molar-refractivity contribution < 1.29 is 9.47 Å². The van der Waals surface area contributed by atoms with Crippen molar-refractivity contribution in [2.45, 2.75) is 0 Å². The molecular weight excluding hydrogens is 282 g/mol. The standard InChI is InChI=1S/C12H5Cl3O2/c13-6-4-8(15)12-10(5-6)16-9-3-1-2-7(14)11(9)17-12/h1-5H. The smallest absolute Gasteiger partial charge is 0.188 e. The van der Waals surface area contributed by atoms with Gasteiger partial charge in [-0.05, 0) is 18.2 Å². The zero-order valence-corrected chi connectivity index (χ0v) is 10.6. The first-order valence-electron chi connectivity index (χ1n) is 4.78. The molecule has 3 rings (SSSR count). The molecule has 1 aliphatic rings. The fraction of sp³-hybridized carbons (Fsp3) is 0. The van der Waals surface area contributed by atoms with Crippen LogP contribution in [0.3, 0.4) is 0 Å². The molecule has 0 saturated heterocycles. The van der Waals surface area contributed by atoms with Crippen LogP contribution in [0.2, 0.25) is 15.1 Å². The van der Waals surface area contributed by atoms with Gasteiger partial charge < -0.3 is 9.47 Å². The summed E-state index contributed by atoms with van der Waals surface area (Å²) in [4.78, 5) is 0. The maximum Gasteiger partial charge on any atom is 0.188 e. The normalized spacial score (nSPS) is 12.2. The first-order valence-corrected chi connectivity index (χ1v) is 5.92. The quantitative estimate of drug-likeness (QED) is 0.540. The second-order valence-corrected chi connectivity index (χ2v) is 4.74. The molecule has 1 heterocycles. The van der Waals surface area contributed by atoms with Crippen molar-refractivity contribution in [2.24, 2.45) is 0 Å². The number of fused-ring (bicyclic) bond motifs is 2. The molecule has 86 valence electrons. The van der Waals surface area contributed by atoms with Gasteiger partial charge >= 0.3 is 0 Å². The Balaban J connectivity index is 2.17. The van der Waals surface area contributed by atoms with Crippen LogP contribution in [0.15, 0.2) is 30.3 Å². The molecule has 0 unspecified atom stereocenters. The van der Waals surface area contributed by atoms with Gasteiger partial charge in [0.25, 0.3) is 0 Å². The Morgan fingerprint density at radius 2 is 1.53 bits per heavy atom. The third-order valence-electron chi connectivity index (χ3n) is 2.33. The molecule has 2 aromatic carbocycles. The van der Waals surface area contributed by atoms with Crippen molar-refractivity contribution in [3.63, 3.8) is 0 Å². The predicted octanol–water partition coefficient (Wildman–Crippen LogP) is 5.54. The molecule has 0 saturated carbocycles. The van der Waals surface area contributed by atoms with Crippen LogP contribution in [-0.4, -0.2) is 0 Å². The van der Waals surface area contributed by atoms with Crippen LogP contribution in [0.1, 0.15) is 0 Å². The minimum absolute atomic E-state index is 0.387. The summed E-state index contributed by atoms with van der Waals surface area (Å²) in [6.45, 7) is 0. The van der Waals surface area contributed by atoms with Crippen molar-refractivity contribution in [3.05, 3.63) is 45.4 Å². The first-order chi connectivity index (χ1) is 8.15. The van der Waals surface area contributed by atoms with Crippen LogP contribution in [0, 0.1) is 0 Å². The highest BCUT2D eigenvalue weighted by Gasteiger charge is 2.23. The van der Waals surface area contributed by atoms with E-state index in [1.165, 1.54) is 0 Å². The van der Waals surface area contributed by atoms with Crippen LogP contribution in [0.5, 0.6) is 23.0 Å². The molecule has 0 fully saturated rings. The highest BCUT2D eigenvalue weighted by atomic mass is 35.5. The van der Waals surface area contributed by atoms with Crippen molar-refractivity contribution in [1.29, 1.82) is 0 Å². The van der Waals surface area contributed by atoms with Crippen molar-refractivity contribution >= 4 is 34.8 Å². The molecule has 0 radical (unpaired) electrons. The van der Waals surface area contributed by atoms with E-state index in [-0.39, 0.29) is 0 Å². The molecule has 0 aromatic heterocycles. The van der Waals surface area contributed by atoms with Crippen molar-refractivity contribution in [3.8, 4) is 23.0 Å².